The molecule has 7 nitrogen and oxygen atoms in total. The Bertz CT molecular complexity index is 728. The number of carbonyl (C=O) groups excluding carboxylic acids is 2. The van der Waals surface area contributed by atoms with Crippen molar-refractivity contribution in [2.45, 2.75) is 6.92 Å². The van der Waals surface area contributed by atoms with Gasteiger partial charge in [-0.3, -0.25) is 9.78 Å². The molecule has 0 aliphatic heterocycles. The number of esters is 1. The van der Waals surface area contributed by atoms with E-state index in [4.69, 9.17) is 14.2 Å². The SMILES string of the molecule is COc1ccc(OC)c(NC(=O)COC(=O)c2ccc(C)nc2)c1. The lowest BCUT2D eigenvalue weighted by Gasteiger charge is -2.12. The molecule has 0 aliphatic rings. The number of aryl methyl sites for hydroxylation is 1. The molecule has 1 heterocycles. The maximum absolute atomic E-state index is 12.0. The minimum Gasteiger partial charge on any atom is -0.497 e. The monoisotopic (exact) mass is 330 g/mol. The van der Waals surface area contributed by atoms with Crippen LogP contribution in [0.15, 0.2) is 36.5 Å². The molecule has 1 aromatic heterocycles. The van der Waals surface area contributed by atoms with Crippen molar-refractivity contribution in [3.05, 3.63) is 47.8 Å². The molecule has 0 spiro atoms. The van der Waals surface area contributed by atoms with E-state index in [9.17, 15) is 9.59 Å². The Morgan fingerprint density at radius 2 is 1.92 bits per heavy atom. The second-order valence-corrected chi connectivity index (χ2v) is 4.88. The number of nitrogens with one attached hydrogen (secondary N) is 1. The van der Waals surface area contributed by atoms with Crippen molar-refractivity contribution in [2.24, 2.45) is 0 Å². The molecule has 0 saturated heterocycles. The van der Waals surface area contributed by atoms with Crippen LogP contribution in [0.4, 0.5) is 5.69 Å². The van der Waals surface area contributed by atoms with Crippen LogP contribution in [-0.4, -0.2) is 37.7 Å². The average Bonchev–Trinajstić information content (AvgIpc) is 2.60. The maximum Gasteiger partial charge on any atom is 0.340 e. The average molecular weight is 330 g/mol. The number of rotatable bonds is 6. The first-order valence-electron chi connectivity index (χ1n) is 7.15. The van der Waals surface area contributed by atoms with E-state index in [2.05, 4.69) is 10.3 Å². The van der Waals surface area contributed by atoms with Gasteiger partial charge in [-0.1, -0.05) is 0 Å². The number of aromatic nitrogens is 1. The Balaban J connectivity index is 1.96. The van der Waals surface area contributed by atoms with E-state index in [-0.39, 0.29) is 5.56 Å². The summed E-state index contributed by atoms with van der Waals surface area (Å²) in [6.45, 7) is 1.39. The molecule has 0 saturated carbocycles. The molecule has 1 amide bonds. The molecule has 0 aliphatic carbocycles. The highest BCUT2D eigenvalue weighted by molar-refractivity contribution is 5.96. The van der Waals surface area contributed by atoms with Crippen LogP contribution in [0.5, 0.6) is 11.5 Å². The summed E-state index contributed by atoms with van der Waals surface area (Å²) in [4.78, 5) is 27.8. The second-order valence-electron chi connectivity index (χ2n) is 4.88. The van der Waals surface area contributed by atoms with Gasteiger partial charge in [0, 0.05) is 18.0 Å². The van der Waals surface area contributed by atoms with Gasteiger partial charge in [-0.2, -0.15) is 0 Å². The predicted molar refractivity (Wildman–Crippen MR) is 87.4 cm³/mol. The molecule has 0 bridgehead atoms. The van der Waals surface area contributed by atoms with Gasteiger partial charge in [-0.05, 0) is 31.2 Å². The Morgan fingerprint density at radius 3 is 2.54 bits per heavy atom. The first kappa shape index (κ1) is 17.3. The number of anilines is 1. The molecular weight excluding hydrogens is 312 g/mol. The standard InChI is InChI=1S/C17H18N2O5/c1-11-4-5-12(9-18-11)17(21)24-10-16(20)19-14-8-13(22-2)6-7-15(14)23-3/h4-9H,10H2,1-3H3,(H,19,20). The van der Waals surface area contributed by atoms with Crippen molar-refractivity contribution < 1.29 is 23.8 Å². The number of ether oxygens (including phenoxy) is 3. The third-order valence-electron chi connectivity index (χ3n) is 3.16. The van der Waals surface area contributed by atoms with Crippen LogP contribution in [0.25, 0.3) is 0 Å². The molecule has 0 unspecified atom stereocenters. The molecule has 1 aromatic carbocycles. The first-order chi connectivity index (χ1) is 11.5. The quantitative estimate of drug-likeness (QED) is 0.817. The zero-order valence-electron chi connectivity index (χ0n) is 13.7. The van der Waals surface area contributed by atoms with Gasteiger partial charge in [0.15, 0.2) is 6.61 Å². The summed E-state index contributed by atoms with van der Waals surface area (Å²) in [5.74, 6) is -0.0720. The number of amides is 1. The maximum atomic E-state index is 12.0. The van der Waals surface area contributed by atoms with Crippen LogP contribution < -0.4 is 14.8 Å². The number of carbonyl (C=O) groups is 2. The number of benzene rings is 1. The Morgan fingerprint density at radius 1 is 1.12 bits per heavy atom. The highest BCUT2D eigenvalue weighted by Crippen LogP contribution is 2.28. The van der Waals surface area contributed by atoms with Crippen molar-refractivity contribution in [2.75, 3.05) is 26.1 Å². The predicted octanol–water partition coefficient (Wildman–Crippen LogP) is 2.20. The van der Waals surface area contributed by atoms with Crippen LogP contribution in [0.2, 0.25) is 0 Å². The number of methoxy groups -OCH3 is 2. The van der Waals surface area contributed by atoms with Crippen LogP contribution in [0, 0.1) is 6.92 Å². The van der Waals surface area contributed by atoms with Crippen LogP contribution >= 0.6 is 0 Å². The van der Waals surface area contributed by atoms with E-state index in [1.54, 1.807) is 30.3 Å². The van der Waals surface area contributed by atoms with Gasteiger partial charge in [0.1, 0.15) is 11.5 Å². The zero-order chi connectivity index (χ0) is 17.5. The van der Waals surface area contributed by atoms with Gasteiger partial charge in [-0.15, -0.1) is 0 Å². The third kappa shape index (κ3) is 4.45. The molecule has 7 heteroatoms. The Kier molecular flexibility index (Phi) is 5.73. The number of hydrogen-bond donors (Lipinski definition) is 1. The van der Waals surface area contributed by atoms with E-state index in [0.717, 1.165) is 5.69 Å². The van der Waals surface area contributed by atoms with E-state index >= 15 is 0 Å². The first-order valence-corrected chi connectivity index (χ1v) is 7.15. The lowest BCUT2D eigenvalue weighted by atomic mass is 10.2. The molecule has 1 N–H and O–H groups in total. The molecule has 2 aromatic rings. The van der Waals surface area contributed by atoms with Crippen LogP contribution in [-0.2, 0) is 9.53 Å². The van der Waals surface area contributed by atoms with Crippen LogP contribution in [0.1, 0.15) is 16.1 Å². The third-order valence-corrected chi connectivity index (χ3v) is 3.16. The minimum atomic E-state index is -0.616. The van der Waals surface area contributed by atoms with Gasteiger partial charge < -0.3 is 19.5 Å². The highest BCUT2D eigenvalue weighted by atomic mass is 16.5. The second kappa shape index (κ2) is 7.96. The smallest absolute Gasteiger partial charge is 0.340 e. The van der Waals surface area contributed by atoms with Gasteiger partial charge in [0.2, 0.25) is 0 Å². The number of pyridine rings is 1. The van der Waals surface area contributed by atoms with Crippen molar-refractivity contribution in [1.82, 2.24) is 4.98 Å². The zero-order valence-corrected chi connectivity index (χ0v) is 13.7. The largest absolute Gasteiger partial charge is 0.497 e. The molecule has 2 rings (SSSR count). The summed E-state index contributed by atoms with van der Waals surface area (Å²) >= 11 is 0. The van der Waals surface area contributed by atoms with Crippen molar-refractivity contribution in [1.29, 1.82) is 0 Å². The normalized spacial score (nSPS) is 9.96. The summed E-state index contributed by atoms with van der Waals surface area (Å²) in [6.07, 6.45) is 1.40. The fraction of sp³-hybridized carbons (Fsp3) is 0.235. The Labute approximate surface area is 139 Å². The van der Waals surface area contributed by atoms with E-state index in [0.29, 0.717) is 17.2 Å². The molecule has 126 valence electrons. The number of nitrogens with zero attached hydrogens (tertiary/aromatic N) is 1. The van der Waals surface area contributed by atoms with Crippen LogP contribution in [0.3, 0.4) is 0 Å². The van der Waals surface area contributed by atoms with E-state index in [1.807, 2.05) is 6.92 Å². The van der Waals surface area contributed by atoms with Gasteiger partial charge in [-0.25, -0.2) is 4.79 Å². The fourth-order valence-electron chi connectivity index (χ4n) is 1.90. The lowest BCUT2D eigenvalue weighted by molar-refractivity contribution is -0.119. The summed E-state index contributed by atoms with van der Waals surface area (Å²) < 4.78 is 15.2. The van der Waals surface area contributed by atoms with Crippen molar-refractivity contribution in [3.8, 4) is 11.5 Å². The summed E-state index contributed by atoms with van der Waals surface area (Å²) in [6, 6.07) is 8.27. The molecule has 0 atom stereocenters. The summed E-state index contributed by atoms with van der Waals surface area (Å²) in [7, 11) is 3.01. The van der Waals surface area contributed by atoms with Gasteiger partial charge in [0.25, 0.3) is 5.91 Å². The topological polar surface area (TPSA) is 86.8 Å². The molecule has 24 heavy (non-hydrogen) atoms. The summed E-state index contributed by atoms with van der Waals surface area (Å²) in [5.41, 5.74) is 1.50. The fourth-order valence-corrected chi connectivity index (χ4v) is 1.90. The Hall–Kier alpha value is -3.09. The van der Waals surface area contributed by atoms with E-state index < -0.39 is 18.5 Å². The highest BCUT2D eigenvalue weighted by Gasteiger charge is 2.13. The molecular formula is C17H18N2O5. The van der Waals surface area contributed by atoms with Crippen molar-refractivity contribution >= 4 is 17.6 Å². The molecule has 0 radical (unpaired) electrons. The summed E-state index contributed by atoms with van der Waals surface area (Å²) in [5, 5.41) is 2.62. The van der Waals surface area contributed by atoms with Crippen molar-refractivity contribution in [3.63, 3.8) is 0 Å². The molecule has 0 fully saturated rings. The minimum absolute atomic E-state index is 0.285. The van der Waals surface area contributed by atoms with Gasteiger partial charge in [0.05, 0.1) is 25.5 Å². The number of hydrogen-bond acceptors (Lipinski definition) is 6. The van der Waals surface area contributed by atoms with Gasteiger partial charge >= 0.3 is 5.97 Å². The van der Waals surface area contributed by atoms with E-state index in [1.165, 1.54) is 20.4 Å². The lowest BCUT2D eigenvalue weighted by Crippen LogP contribution is -2.21.